The number of aromatic nitrogens is 1. The second kappa shape index (κ2) is 16.8. The number of hydrogen-bond acceptors (Lipinski definition) is 1. The predicted molar refractivity (Wildman–Crippen MR) is 312 cm³/mol. The molecule has 0 spiro atoms. The Bertz CT molecular complexity index is 3930. The number of fused-ring (bicyclic) bond motifs is 3. The molecule has 1 aromatic heterocycles. The van der Waals surface area contributed by atoms with Crippen LogP contribution in [0.25, 0.3) is 93.2 Å². The highest BCUT2D eigenvalue weighted by atomic mass is 15.1. The van der Waals surface area contributed by atoms with Gasteiger partial charge in [0.15, 0.2) is 0 Å². The van der Waals surface area contributed by atoms with Crippen molar-refractivity contribution in [3.8, 4) is 39.1 Å². The Kier molecular flexibility index (Phi) is 10.6. The number of para-hydroxylation sites is 2. The smallest absolute Gasteiger partial charge is 0.0543 e. The van der Waals surface area contributed by atoms with Gasteiger partial charge in [0.1, 0.15) is 0 Å². The molecule has 12 rings (SSSR count). The molecule has 0 radical (unpaired) electrons. The van der Waals surface area contributed by atoms with Gasteiger partial charge in [-0.15, -0.1) is 0 Å². The van der Waals surface area contributed by atoms with Crippen LogP contribution in [0.15, 0.2) is 212 Å². The highest BCUT2D eigenvalue weighted by Crippen LogP contribution is 2.49. The largest absolute Gasteiger partial charge is 0.309 e. The van der Waals surface area contributed by atoms with Gasteiger partial charge in [0.05, 0.1) is 28.1 Å². The van der Waals surface area contributed by atoms with E-state index in [-0.39, 0.29) is 16.2 Å². The molecule has 0 N–H and O–H groups in total. The van der Waals surface area contributed by atoms with Gasteiger partial charge in [-0.25, -0.2) is 0 Å². The summed E-state index contributed by atoms with van der Waals surface area (Å²) in [6.07, 6.45) is 0. The molecule has 2 nitrogen and oxygen atoms in total. The summed E-state index contributed by atoms with van der Waals surface area (Å²) in [5, 5.41) is 10.0. The zero-order valence-electron chi connectivity index (χ0n) is 43.1. The SMILES string of the molecule is CC(C)(C)c1cc(-c2cccc(-c3ccc(N(c4cc(C(C)(C)C)ccc4-c4ccccc4)c4ccc5ccc6c(-n7c8ccccc8c8ccccc87)ccc7ccc4c5c76)cc3)c2)cc(C(C)(C)C)c1. The Morgan fingerprint density at radius 1 is 0.319 bits per heavy atom. The lowest BCUT2D eigenvalue weighted by atomic mass is 9.79. The monoisotopic (exact) mass is 930 g/mol. The molecular weight excluding hydrogens is 869 g/mol. The molecule has 72 heavy (non-hydrogen) atoms. The number of benzene rings is 11. The van der Waals surface area contributed by atoms with E-state index in [9.17, 15) is 0 Å². The summed E-state index contributed by atoms with van der Waals surface area (Å²) in [5.41, 5.74) is 18.3. The Labute approximate surface area is 425 Å². The third-order valence-electron chi connectivity index (χ3n) is 15.2. The zero-order valence-corrected chi connectivity index (χ0v) is 43.1. The van der Waals surface area contributed by atoms with E-state index in [1.54, 1.807) is 0 Å². The van der Waals surface area contributed by atoms with Crippen LogP contribution in [0, 0.1) is 0 Å². The molecule has 2 heteroatoms. The number of hydrogen-bond donors (Lipinski definition) is 0. The van der Waals surface area contributed by atoms with Gasteiger partial charge >= 0.3 is 0 Å². The van der Waals surface area contributed by atoms with Gasteiger partial charge in [-0.3, -0.25) is 0 Å². The summed E-state index contributed by atoms with van der Waals surface area (Å²) in [6, 6.07) is 79.9. The average molecular weight is 931 g/mol. The average Bonchev–Trinajstić information content (AvgIpc) is 3.72. The third kappa shape index (κ3) is 7.73. The van der Waals surface area contributed by atoms with Crippen molar-refractivity contribution in [3.63, 3.8) is 0 Å². The Morgan fingerprint density at radius 3 is 1.47 bits per heavy atom. The number of anilines is 3. The van der Waals surface area contributed by atoms with Crippen LogP contribution >= 0.6 is 0 Å². The van der Waals surface area contributed by atoms with Crippen molar-refractivity contribution in [2.75, 3.05) is 4.90 Å². The molecule has 0 saturated carbocycles. The summed E-state index contributed by atoms with van der Waals surface area (Å²) in [6.45, 7) is 20.8. The molecule has 0 atom stereocenters. The molecule has 12 aromatic rings. The second-order valence-electron chi connectivity index (χ2n) is 23.1. The minimum Gasteiger partial charge on any atom is -0.309 e. The summed E-state index contributed by atoms with van der Waals surface area (Å²) < 4.78 is 2.47. The van der Waals surface area contributed by atoms with Crippen molar-refractivity contribution in [1.82, 2.24) is 4.57 Å². The van der Waals surface area contributed by atoms with E-state index in [4.69, 9.17) is 0 Å². The Hall–Kier alpha value is -7.94. The first-order chi connectivity index (χ1) is 34.6. The van der Waals surface area contributed by atoms with Crippen molar-refractivity contribution in [3.05, 3.63) is 229 Å². The molecule has 0 amide bonds. The van der Waals surface area contributed by atoms with Crippen LogP contribution in [0.4, 0.5) is 17.1 Å². The minimum atomic E-state index is -0.0730. The van der Waals surface area contributed by atoms with Crippen LogP contribution < -0.4 is 4.90 Å². The molecule has 1 heterocycles. The first-order valence-corrected chi connectivity index (χ1v) is 25.7. The summed E-state index contributed by atoms with van der Waals surface area (Å²) >= 11 is 0. The van der Waals surface area contributed by atoms with Gasteiger partial charge in [-0.05, 0) is 131 Å². The molecule has 0 fully saturated rings. The fraction of sp³-hybridized carbons (Fsp3) is 0.171. The maximum atomic E-state index is 2.53. The van der Waals surface area contributed by atoms with Gasteiger partial charge in [0.2, 0.25) is 0 Å². The van der Waals surface area contributed by atoms with E-state index < -0.39 is 0 Å². The predicted octanol–water partition coefficient (Wildman–Crippen LogP) is 20.0. The van der Waals surface area contributed by atoms with E-state index >= 15 is 0 Å². The van der Waals surface area contributed by atoms with Gasteiger partial charge in [-0.1, -0.05) is 226 Å². The molecule has 11 aromatic carbocycles. The lowest BCUT2D eigenvalue weighted by molar-refractivity contribution is 0.569. The normalized spacial score (nSPS) is 12.5. The second-order valence-corrected chi connectivity index (χ2v) is 23.1. The Balaban J connectivity index is 1.06. The van der Waals surface area contributed by atoms with Crippen molar-refractivity contribution < 1.29 is 0 Å². The van der Waals surface area contributed by atoms with E-state index in [1.807, 2.05) is 0 Å². The third-order valence-corrected chi connectivity index (χ3v) is 15.2. The molecule has 0 aliphatic rings. The van der Waals surface area contributed by atoms with Crippen LogP contribution in [0.5, 0.6) is 0 Å². The van der Waals surface area contributed by atoms with Crippen LogP contribution in [-0.2, 0) is 16.2 Å². The summed E-state index contributed by atoms with van der Waals surface area (Å²) in [7, 11) is 0. The van der Waals surface area contributed by atoms with Crippen molar-refractivity contribution >= 4 is 71.2 Å². The first kappa shape index (κ1) is 45.2. The van der Waals surface area contributed by atoms with Crippen LogP contribution in [0.2, 0.25) is 0 Å². The molecule has 0 aliphatic heterocycles. The van der Waals surface area contributed by atoms with E-state index in [1.165, 1.54) is 110 Å². The van der Waals surface area contributed by atoms with Gasteiger partial charge in [0, 0.05) is 32.8 Å². The van der Waals surface area contributed by atoms with E-state index in [2.05, 4.69) is 284 Å². The molecule has 352 valence electrons. The topological polar surface area (TPSA) is 8.17 Å². The van der Waals surface area contributed by atoms with Crippen molar-refractivity contribution in [2.45, 2.75) is 78.6 Å². The quantitative estimate of drug-likeness (QED) is 0.145. The van der Waals surface area contributed by atoms with E-state index in [0.29, 0.717) is 0 Å². The molecule has 0 saturated heterocycles. The summed E-state index contributed by atoms with van der Waals surface area (Å²) in [4.78, 5) is 2.53. The fourth-order valence-corrected chi connectivity index (χ4v) is 11.1. The van der Waals surface area contributed by atoms with Crippen LogP contribution in [0.1, 0.15) is 79.0 Å². The van der Waals surface area contributed by atoms with Gasteiger partial charge < -0.3 is 9.47 Å². The van der Waals surface area contributed by atoms with Crippen molar-refractivity contribution in [1.29, 1.82) is 0 Å². The fourth-order valence-electron chi connectivity index (χ4n) is 11.1. The van der Waals surface area contributed by atoms with Crippen LogP contribution in [0.3, 0.4) is 0 Å². The number of nitrogens with zero attached hydrogens (tertiary/aromatic N) is 2. The molecule has 0 bridgehead atoms. The lowest BCUT2D eigenvalue weighted by Crippen LogP contribution is -2.16. The molecule has 0 aliphatic carbocycles. The first-order valence-electron chi connectivity index (χ1n) is 25.7. The molecular formula is C70H62N2. The summed E-state index contributed by atoms with van der Waals surface area (Å²) in [5.74, 6) is 0. The minimum absolute atomic E-state index is 0.0349. The highest BCUT2D eigenvalue weighted by molar-refractivity contribution is 6.27. The van der Waals surface area contributed by atoms with E-state index in [0.717, 1.165) is 17.1 Å². The lowest BCUT2D eigenvalue weighted by Gasteiger charge is -2.31. The number of rotatable bonds is 7. The molecule has 0 unspecified atom stereocenters. The zero-order chi connectivity index (χ0) is 49.7. The van der Waals surface area contributed by atoms with Crippen LogP contribution in [-0.4, -0.2) is 4.57 Å². The maximum Gasteiger partial charge on any atom is 0.0543 e. The standard InChI is InChI=1S/C70H62N2/c1-68(2,3)52-32-37-56(46-18-11-10-12-19-46)65(44-52)71(55-33-26-45(27-34-55)49-20-17-21-50(40-49)51-41-53(69(4,5)6)43-54(42-51)70(7,8)9)63-38-30-47-29-36-60-64(39-31-48-28-35-59(63)66(47)67(48)60)72-61-24-15-13-22-57(61)58-23-14-16-25-62(58)72/h10-44H,1-9H3. The highest BCUT2D eigenvalue weighted by Gasteiger charge is 2.26. The van der Waals surface area contributed by atoms with Crippen molar-refractivity contribution in [2.24, 2.45) is 0 Å². The van der Waals surface area contributed by atoms with Gasteiger partial charge in [-0.2, -0.15) is 0 Å². The Morgan fingerprint density at radius 2 is 0.847 bits per heavy atom. The van der Waals surface area contributed by atoms with Gasteiger partial charge in [0.25, 0.3) is 0 Å². The maximum absolute atomic E-state index is 2.53.